The van der Waals surface area contributed by atoms with E-state index in [-0.39, 0.29) is 11.5 Å². The minimum Gasteiger partial charge on any atom is -0.507 e. The van der Waals surface area contributed by atoms with Crippen LogP contribution < -0.4 is 5.32 Å². The van der Waals surface area contributed by atoms with Crippen LogP contribution in [0.3, 0.4) is 0 Å². The van der Waals surface area contributed by atoms with Crippen LogP contribution in [-0.4, -0.2) is 22.1 Å². The molecule has 0 aliphatic carbocycles. The summed E-state index contributed by atoms with van der Waals surface area (Å²) in [5.41, 5.74) is 1.04. The summed E-state index contributed by atoms with van der Waals surface area (Å²) in [5.74, 6) is -1.98. The van der Waals surface area contributed by atoms with Crippen molar-refractivity contribution in [3.8, 4) is 5.75 Å². The van der Waals surface area contributed by atoms with Crippen LogP contribution in [0.5, 0.6) is 5.75 Å². The van der Waals surface area contributed by atoms with Crippen LogP contribution in [0.25, 0.3) is 6.08 Å². The highest BCUT2D eigenvalue weighted by molar-refractivity contribution is 7.08. The normalized spacial score (nSPS) is 10.6. The Morgan fingerprint density at radius 3 is 2.65 bits per heavy atom. The molecule has 0 atom stereocenters. The zero-order valence-electron chi connectivity index (χ0n) is 10.2. The van der Waals surface area contributed by atoms with Gasteiger partial charge >= 0.3 is 5.97 Å². The van der Waals surface area contributed by atoms with Gasteiger partial charge in [0.1, 0.15) is 11.3 Å². The number of hydrogen-bond acceptors (Lipinski definition) is 4. The Labute approximate surface area is 118 Å². The number of aromatic hydroxyl groups is 1. The van der Waals surface area contributed by atoms with Crippen molar-refractivity contribution >= 4 is 35.0 Å². The summed E-state index contributed by atoms with van der Waals surface area (Å²) in [5, 5.41) is 24.6. The second-order valence-electron chi connectivity index (χ2n) is 3.92. The predicted octanol–water partition coefficient (Wildman–Crippen LogP) is 2.80. The summed E-state index contributed by atoms with van der Waals surface area (Å²) in [6.07, 6.45) is 3.03. The van der Waals surface area contributed by atoms with E-state index in [4.69, 9.17) is 5.11 Å². The molecule has 1 aromatic carbocycles. The molecule has 0 aliphatic heterocycles. The van der Waals surface area contributed by atoms with Crippen molar-refractivity contribution in [2.75, 3.05) is 5.32 Å². The maximum Gasteiger partial charge on any atom is 0.339 e. The second kappa shape index (κ2) is 6.03. The number of carbonyl (C=O) groups excluding carboxylic acids is 1. The van der Waals surface area contributed by atoms with Gasteiger partial charge in [-0.15, -0.1) is 0 Å². The topological polar surface area (TPSA) is 86.6 Å². The first-order valence-corrected chi connectivity index (χ1v) is 6.58. The summed E-state index contributed by atoms with van der Waals surface area (Å²) in [6.45, 7) is 0. The van der Waals surface area contributed by atoms with E-state index >= 15 is 0 Å². The lowest BCUT2D eigenvalue weighted by atomic mass is 10.2. The van der Waals surface area contributed by atoms with Gasteiger partial charge < -0.3 is 15.5 Å². The fourth-order valence-electron chi connectivity index (χ4n) is 1.52. The molecule has 0 radical (unpaired) electrons. The molecule has 0 saturated carbocycles. The molecule has 2 rings (SSSR count). The van der Waals surface area contributed by atoms with Gasteiger partial charge in [0, 0.05) is 17.8 Å². The van der Waals surface area contributed by atoms with Crippen LogP contribution in [-0.2, 0) is 4.79 Å². The number of carboxylic acid groups (broad SMARTS) is 1. The number of carboxylic acids is 1. The Morgan fingerprint density at radius 2 is 2.05 bits per heavy atom. The van der Waals surface area contributed by atoms with Crippen molar-refractivity contribution in [3.05, 3.63) is 52.2 Å². The predicted molar refractivity (Wildman–Crippen MR) is 77.0 cm³/mol. The van der Waals surface area contributed by atoms with Gasteiger partial charge in [-0.05, 0) is 40.6 Å². The quantitative estimate of drug-likeness (QED) is 0.755. The van der Waals surface area contributed by atoms with Gasteiger partial charge in [0.25, 0.3) is 0 Å². The molecular formula is C14H11NO4S. The first-order chi connectivity index (χ1) is 9.56. The number of rotatable bonds is 4. The monoisotopic (exact) mass is 289 g/mol. The van der Waals surface area contributed by atoms with Crippen LogP contribution in [0.4, 0.5) is 5.69 Å². The number of carbonyl (C=O) groups is 2. The van der Waals surface area contributed by atoms with Crippen molar-refractivity contribution in [3.63, 3.8) is 0 Å². The molecular weight excluding hydrogens is 278 g/mol. The number of nitrogens with one attached hydrogen (secondary N) is 1. The molecule has 1 amide bonds. The van der Waals surface area contributed by atoms with Crippen LogP contribution in [0.2, 0.25) is 0 Å². The van der Waals surface area contributed by atoms with Gasteiger partial charge in [0.05, 0.1) is 0 Å². The van der Waals surface area contributed by atoms with Gasteiger partial charge in [0.15, 0.2) is 0 Å². The van der Waals surface area contributed by atoms with Gasteiger partial charge in [-0.25, -0.2) is 4.79 Å². The fraction of sp³-hybridized carbons (Fsp3) is 0. The molecule has 0 unspecified atom stereocenters. The minimum absolute atomic E-state index is 0.211. The van der Waals surface area contributed by atoms with E-state index in [0.717, 1.165) is 5.56 Å². The van der Waals surface area contributed by atoms with Crippen LogP contribution in [0.15, 0.2) is 41.1 Å². The molecule has 0 fully saturated rings. The summed E-state index contributed by atoms with van der Waals surface area (Å²) >= 11 is 1.53. The number of phenols is 1. The van der Waals surface area contributed by atoms with E-state index in [2.05, 4.69) is 5.32 Å². The summed E-state index contributed by atoms with van der Waals surface area (Å²) in [4.78, 5) is 22.4. The zero-order valence-corrected chi connectivity index (χ0v) is 11.1. The van der Waals surface area contributed by atoms with Crippen LogP contribution in [0.1, 0.15) is 15.9 Å². The standard InChI is InChI=1S/C14H11NO4S/c16-12-7-10(2-3-11(12)14(18)19)15-13(17)4-1-9-5-6-20-8-9/h1-8,16H,(H,15,17)(H,18,19). The summed E-state index contributed by atoms with van der Waals surface area (Å²) in [7, 11) is 0. The molecule has 0 spiro atoms. The lowest BCUT2D eigenvalue weighted by molar-refractivity contribution is -0.111. The Hall–Kier alpha value is -2.60. The molecule has 6 heteroatoms. The summed E-state index contributed by atoms with van der Waals surface area (Å²) < 4.78 is 0. The van der Waals surface area contributed by atoms with Gasteiger partial charge in [0.2, 0.25) is 5.91 Å². The molecule has 102 valence electrons. The molecule has 1 heterocycles. The largest absolute Gasteiger partial charge is 0.507 e. The van der Waals surface area contributed by atoms with Gasteiger partial charge in [-0.1, -0.05) is 0 Å². The first-order valence-electron chi connectivity index (χ1n) is 5.64. The molecule has 0 bridgehead atoms. The van der Waals surface area contributed by atoms with E-state index < -0.39 is 11.7 Å². The maximum absolute atomic E-state index is 11.6. The minimum atomic E-state index is -1.22. The van der Waals surface area contributed by atoms with E-state index in [0.29, 0.717) is 5.69 Å². The Balaban J connectivity index is 2.05. The number of hydrogen-bond donors (Lipinski definition) is 3. The third-order valence-corrected chi connectivity index (χ3v) is 3.17. The molecule has 5 nitrogen and oxygen atoms in total. The summed E-state index contributed by atoms with van der Waals surface area (Å²) in [6, 6.07) is 5.72. The number of thiophene rings is 1. The first kappa shape index (κ1) is 13.8. The zero-order chi connectivity index (χ0) is 14.5. The molecule has 0 saturated heterocycles. The third kappa shape index (κ3) is 3.46. The van der Waals surface area contributed by atoms with Crippen LogP contribution in [0, 0.1) is 0 Å². The molecule has 1 aromatic heterocycles. The molecule has 20 heavy (non-hydrogen) atoms. The third-order valence-electron chi connectivity index (χ3n) is 2.47. The number of amides is 1. The lowest BCUT2D eigenvalue weighted by Crippen LogP contribution is -2.08. The van der Waals surface area contributed by atoms with E-state index in [1.54, 1.807) is 6.08 Å². The maximum atomic E-state index is 11.6. The van der Waals surface area contributed by atoms with Crippen molar-refractivity contribution in [2.45, 2.75) is 0 Å². The molecule has 0 aliphatic rings. The lowest BCUT2D eigenvalue weighted by Gasteiger charge is -2.04. The average Bonchev–Trinajstić information content (AvgIpc) is 2.89. The SMILES string of the molecule is O=C(C=Cc1ccsc1)Nc1ccc(C(=O)O)c(O)c1. The van der Waals surface area contributed by atoms with Gasteiger partial charge in [-0.2, -0.15) is 11.3 Å². The second-order valence-corrected chi connectivity index (χ2v) is 4.70. The van der Waals surface area contributed by atoms with Crippen molar-refractivity contribution in [2.24, 2.45) is 0 Å². The fourth-order valence-corrected chi connectivity index (χ4v) is 2.14. The van der Waals surface area contributed by atoms with Gasteiger partial charge in [-0.3, -0.25) is 4.79 Å². The number of anilines is 1. The highest BCUT2D eigenvalue weighted by atomic mass is 32.1. The Kier molecular flexibility index (Phi) is 4.17. The van der Waals surface area contributed by atoms with E-state index in [1.807, 2.05) is 16.8 Å². The van der Waals surface area contributed by atoms with Crippen molar-refractivity contribution < 1.29 is 19.8 Å². The molecule has 3 N–H and O–H groups in total. The Bertz CT molecular complexity index is 662. The van der Waals surface area contributed by atoms with E-state index in [9.17, 15) is 14.7 Å². The number of aromatic carboxylic acids is 1. The van der Waals surface area contributed by atoms with Crippen molar-refractivity contribution in [1.82, 2.24) is 0 Å². The highest BCUT2D eigenvalue weighted by Crippen LogP contribution is 2.22. The average molecular weight is 289 g/mol. The number of benzene rings is 1. The highest BCUT2D eigenvalue weighted by Gasteiger charge is 2.10. The molecule has 2 aromatic rings. The van der Waals surface area contributed by atoms with Crippen LogP contribution >= 0.6 is 11.3 Å². The van der Waals surface area contributed by atoms with E-state index in [1.165, 1.54) is 35.6 Å². The van der Waals surface area contributed by atoms with Crippen molar-refractivity contribution in [1.29, 1.82) is 0 Å². The Morgan fingerprint density at radius 1 is 1.25 bits per heavy atom. The smallest absolute Gasteiger partial charge is 0.339 e.